The van der Waals surface area contributed by atoms with Crippen LogP contribution < -0.4 is 4.74 Å². The van der Waals surface area contributed by atoms with Gasteiger partial charge in [-0.3, -0.25) is 9.69 Å². The van der Waals surface area contributed by atoms with Gasteiger partial charge < -0.3 is 14.0 Å². The van der Waals surface area contributed by atoms with E-state index in [-0.39, 0.29) is 12.5 Å². The number of benzene rings is 2. The maximum absolute atomic E-state index is 12.2. The van der Waals surface area contributed by atoms with Gasteiger partial charge in [0, 0.05) is 28.9 Å². The Morgan fingerprint density at radius 1 is 1.10 bits per heavy atom. The fourth-order valence-electron chi connectivity index (χ4n) is 4.95. The minimum Gasteiger partial charge on any atom is -0.489 e. The van der Waals surface area contributed by atoms with Crippen molar-refractivity contribution in [3.8, 4) is 5.75 Å². The molecule has 3 aliphatic heterocycles. The number of rotatable bonds is 6. The molecule has 0 atom stereocenters. The SMILES string of the molecule is CCOC(=O)Cn1c2ccccc2c2ccc(OC/C=C3\CN4CCC3CC4)cc21. The molecule has 0 saturated carbocycles. The number of piperidine rings is 3. The zero-order chi connectivity index (χ0) is 20.5. The molecular weight excluding hydrogens is 376 g/mol. The summed E-state index contributed by atoms with van der Waals surface area (Å²) in [4.78, 5) is 14.7. The fraction of sp³-hybridized carbons (Fsp3) is 0.400. The van der Waals surface area contributed by atoms with Crippen molar-refractivity contribution in [2.75, 3.05) is 32.8 Å². The Balaban J connectivity index is 1.41. The Kier molecular flexibility index (Phi) is 5.21. The molecule has 4 heterocycles. The van der Waals surface area contributed by atoms with Crippen molar-refractivity contribution in [3.63, 3.8) is 0 Å². The second-order valence-corrected chi connectivity index (χ2v) is 8.23. The number of carbonyl (C=O) groups is 1. The lowest BCUT2D eigenvalue weighted by atomic mass is 9.84. The second kappa shape index (κ2) is 8.15. The highest BCUT2D eigenvalue weighted by molar-refractivity contribution is 6.08. The Hall–Kier alpha value is -2.79. The van der Waals surface area contributed by atoms with Gasteiger partial charge in [-0.1, -0.05) is 23.8 Å². The summed E-state index contributed by atoms with van der Waals surface area (Å²) in [6.45, 7) is 6.58. The van der Waals surface area contributed by atoms with Gasteiger partial charge >= 0.3 is 5.97 Å². The predicted octanol–water partition coefficient (Wildman–Crippen LogP) is 4.39. The van der Waals surface area contributed by atoms with Crippen LogP contribution in [-0.2, 0) is 16.1 Å². The van der Waals surface area contributed by atoms with Crippen molar-refractivity contribution in [2.45, 2.75) is 26.3 Å². The third-order valence-electron chi connectivity index (χ3n) is 6.45. The van der Waals surface area contributed by atoms with Gasteiger partial charge in [-0.05, 0) is 63.0 Å². The topological polar surface area (TPSA) is 43.7 Å². The van der Waals surface area contributed by atoms with E-state index in [1.54, 1.807) is 0 Å². The molecule has 3 aromatic rings. The van der Waals surface area contributed by atoms with Crippen molar-refractivity contribution in [1.82, 2.24) is 9.47 Å². The molecule has 2 bridgehead atoms. The number of fused-ring (bicyclic) bond motifs is 6. The summed E-state index contributed by atoms with van der Waals surface area (Å²) in [6.07, 6.45) is 4.84. The van der Waals surface area contributed by atoms with Gasteiger partial charge in [0.2, 0.25) is 0 Å². The van der Waals surface area contributed by atoms with Crippen LogP contribution in [0.5, 0.6) is 5.75 Å². The maximum atomic E-state index is 12.2. The first-order valence-corrected chi connectivity index (χ1v) is 10.9. The summed E-state index contributed by atoms with van der Waals surface area (Å²) in [6, 6.07) is 14.3. The van der Waals surface area contributed by atoms with Gasteiger partial charge in [0.25, 0.3) is 0 Å². The molecular formula is C25H28N2O3. The molecule has 0 amide bonds. The largest absolute Gasteiger partial charge is 0.489 e. The van der Waals surface area contributed by atoms with Crippen LogP contribution in [0.25, 0.3) is 21.8 Å². The van der Waals surface area contributed by atoms with Crippen LogP contribution >= 0.6 is 0 Å². The lowest BCUT2D eigenvalue weighted by molar-refractivity contribution is -0.143. The van der Waals surface area contributed by atoms with E-state index in [1.165, 1.54) is 31.5 Å². The molecule has 0 aliphatic carbocycles. The lowest BCUT2D eigenvalue weighted by Crippen LogP contribution is -2.43. The summed E-state index contributed by atoms with van der Waals surface area (Å²) < 4.78 is 13.3. The van der Waals surface area contributed by atoms with Crippen molar-refractivity contribution in [3.05, 3.63) is 54.1 Å². The molecule has 0 unspecified atom stereocenters. The van der Waals surface area contributed by atoms with Crippen LogP contribution in [0.3, 0.4) is 0 Å². The minimum absolute atomic E-state index is 0.197. The first-order valence-electron chi connectivity index (χ1n) is 10.9. The van der Waals surface area contributed by atoms with Crippen LogP contribution in [0.4, 0.5) is 0 Å². The van der Waals surface area contributed by atoms with Crippen LogP contribution in [0, 0.1) is 5.92 Å². The zero-order valence-electron chi connectivity index (χ0n) is 17.5. The first kappa shape index (κ1) is 19.2. The van der Waals surface area contributed by atoms with E-state index >= 15 is 0 Å². The Morgan fingerprint density at radius 2 is 1.90 bits per heavy atom. The molecule has 3 aliphatic rings. The highest BCUT2D eigenvalue weighted by Crippen LogP contribution is 2.33. The number of hydrogen-bond donors (Lipinski definition) is 0. The van der Waals surface area contributed by atoms with Gasteiger partial charge in [0.1, 0.15) is 18.9 Å². The molecule has 1 aromatic heterocycles. The molecule has 2 aromatic carbocycles. The van der Waals surface area contributed by atoms with E-state index in [0.717, 1.165) is 40.0 Å². The highest BCUT2D eigenvalue weighted by Gasteiger charge is 2.29. The summed E-state index contributed by atoms with van der Waals surface area (Å²) in [7, 11) is 0. The smallest absolute Gasteiger partial charge is 0.325 e. The molecule has 6 rings (SSSR count). The molecule has 5 nitrogen and oxygen atoms in total. The number of nitrogens with zero attached hydrogens (tertiary/aromatic N) is 2. The normalized spacial score (nSPS) is 22.1. The molecule has 3 fully saturated rings. The lowest BCUT2D eigenvalue weighted by Gasteiger charge is -2.41. The van der Waals surface area contributed by atoms with Gasteiger partial charge in [0.05, 0.1) is 12.1 Å². The molecule has 156 valence electrons. The van der Waals surface area contributed by atoms with Gasteiger partial charge in [-0.15, -0.1) is 0 Å². The first-order chi connectivity index (χ1) is 14.7. The summed E-state index contributed by atoms with van der Waals surface area (Å²) in [5.74, 6) is 1.35. The Labute approximate surface area is 176 Å². The Bertz CT molecular complexity index is 1110. The Morgan fingerprint density at radius 3 is 2.67 bits per heavy atom. The standard InChI is InChI=1S/C25H28N2O3/c1-2-29-25(28)17-27-23-6-4-3-5-21(23)22-8-7-20(15-24(22)27)30-14-11-19-16-26-12-9-18(19)10-13-26/h3-8,11,15,18H,2,9-10,12-14,16-17H2,1H3/b19-11+. The van der Waals surface area contributed by atoms with Gasteiger partial charge in [0.15, 0.2) is 0 Å². The quantitative estimate of drug-likeness (QED) is 0.452. The van der Waals surface area contributed by atoms with E-state index < -0.39 is 0 Å². The fourth-order valence-corrected chi connectivity index (χ4v) is 4.95. The van der Waals surface area contributed by atoms with Gasteiger partial charge in [-0.25, -0.2) is 0 Å². The molecule has 3 saturated heterocycles. The number of aromatic nitrogens is 1. The summed E-state index contributed by atoms with van der Waals surface area (Å²) >= 11 is 0. The molecule has 0 N–H and O–H groups in total. The van der Waals surface area contributed by atoms with E-state index in [0.29, 0.717) is 13.2 Å². The van der Waals surface area contributed by atoms with Gasteiger partial charge in [-0.2, -0.15) is 0 Å². The van der Waals surface area contributed by atoms with E-state index in [1.807, 2.05) is 41.8 Å². The van der Waals surface area contributed by atoms with E-state index in [2.05, 4.69) is 23.1 Å². The molecule has 5 heteroatoms. The van der Waals surface area contributed by atoms with Crippen molar-refractivity contribution in [1.29, 1.82) is 0 Å². The van der Waals surface area contributed by atoms with Crippen LogP contribution in [-0.4, -0.2) is 48.3 Å². The average molecular weight is 405 g/mol. The van der Waals surface area contributed by atoms with Crippen LogP contribution in [0.2, 0.25) is 0 Å². The van der Waals surface area contributed by atoms with Crippen molar-refractivity contribution < 1.29 is 14.3 Å². The van der Waals surface area contributed by atoms with Crippen LogP contribution in [0.1, 0.15) is 19.8 Å². The molecule has 0 spiro atoms. The van der Waals surface area contributed by atoms with Crippen molar-refractivity contribution >= 4 is 27.8 Å². The number of esters is 1. The molecule has 0 radical (unpaired) electrons. The second-order valence-electron chi connectivity index (χ2n) is 8.23. The van der Waals surface area contributed by atoms with E-state index in [9.17, 15) is 4.79 Å². The maximum Gasteiger partial charge on any atom is 0.325 e. The number of hydrogen-bond acceptors (Lipinski definition) is 4. The molecule has 30 heavy (non-hydrogen) atoms. The summed E-state index contributed by atoms with van der Waals surface area (Å²) in [5.41, 5.74) is 3.56. The van der Waals surface area contributed by atoms with E-state index in [4.69, 9.17) is 9.47 Å². The third-order valence-corrected chi connectivity index (χ3v) is 6.45. The monoisotopic (exact) mass is 404 g/mol. The number of para-hydroxylation sites is 1. The van der Waals surface area contributed by atoms with Crippen molar-refractivity contribution in [2.24, 2.45) is 5.92 Å². The summed E-state index contributed by atoms with van der Waals surface area (Å²) in [5, 5.41) is 2.26. The number of ether oxygens (including phenoxy) is 2. The van der Waals surface area contributed by atoms with Crippen LogP contribution in [0.15, 0.2) is 54.1 Å². The number of carbonyl (C=O) groups excluding carboxylic acids is 1. The average Bonchev–Trinajstić information content (AvgIpc) is 3.08. The predicted molar refractivity (Wildman–Crippen MR) is 119 cm³/mol. The zero-order valence-corrected chi connectivity index (χ0v) is 17.5. The third kappa shape index (κ3) is 3.58. The minimum atomic E-state index is -0.224. The highest BCUT2D eigenvalue weighted by atomic mass is 16.5.